The monoisotopic (exact) mass is 905 g/mol. The summed E-state index contributed by atoms with van der Waals surface area (Å²) in [6, 6.07) is 30.3. The number of allylic oxidation sites excluding steroid dienone is 1. The van der Waals surface area contributed by atoms with Gasteiger partial charge in [-0.15, -0.1) is 6.58 Å². The lowest BCUT2D eigenvalue weighted by atomic mass is 9.71. The van der Waals surface area contributed by atoms with Crippen molar-refractivity contribution in [3.8, 4) is 11.8 Å². The van der Waals surface area contributed by atoms with E-state index in [4.69, 9.17) is 9.47 Å². The molecule has 0 bridgehead atoms. The maximum Gasteiger partial charge on any atom is 0.257 e. The molecule has 0 aliphatic carbocycles. The number of pyridine rings is 4. The van der Waals surface area contributed by atoms with Crippen LogP contribution in [0.25, 0.3) is 0 Å². The molecule has 67 heavy (non-hydrogen) atoms. The number of rotatable bonds is 18. The maximum absolute atomic E-state index is 13.2. The zero-order chi connectivity index (χ0) is 48.8. The molecule has 0 spiro atoms. The fourth-order valence-electron chi connectivity index (χ4n) is 7.64. The Labute approximate surface area is 400 Å². The third kappa shape index (κ3) is 17.9. The summed E-state index contributed by atoms with van der Waals surface area (Å²) in [4.78, 5) is 42.8. The lowest BCUT2D eigenvalue weighted by Crippen LogP contribution is -2.24. The summed E-state index contributed by atoms with van der Waals surface area (Å²) in [7, 11) is 0. The van der Waals surface area contributed by atoms with Crippen LogP contribution in [0.1, 0.15) is 153 Å². The number of carbonyl (C=O) groups is 2. The molecular weight excluding hydrogens is 833 g/mol. The van der Waals surface area contributed by atoms with Crippen LogP contribution < -0.4 is 20.1 Å². The lowest BCUT2D eigenvalue weighted by Gasteiger charge is -2.34. The van der Waals surface area contributed by atoms with Crippen LogP contribution in [0.4, 0.5) is 0 Å². The van der Waals surface area contributed by atoms with E-state index in [1.165, 1.54) is 17.3 Å². The van der Waals surface area contributed by atoms with Gasteiger partial charge in [0.1, 0.15) is 18.8 Å². The molecule has 10 nitrogen and oxygen atoms in total. The highest BCUT2D eigenvalue weighted by Crippen LogP contribution is 2.43. The van der Waals surface area contributed by atoms with Gasteiger partial charge in [-0.2, -0.15) is 0 Å². The number of hydrogen-bond acceptors (Lipinski definition) is 8. The highest BCUT2D eigenvalue weighted by atomic mass is 16.5. The molecule has 2 amide bonds. The summed E-state index contributed by atoms with van der Waals surface area (Å²) >= 11 is 0. The van der Waals surface area contributed by atoms with Gasteiger partial charge >= 0.3 is 0 Å². The fraction of sp³-hybridized carbons (Fsp3) is 0.368. The van der Waals surface area contributed by atoms with Crippen molar-refractivity contribution in [3.05, 3.63) is 191 Å². The molecule has 4 heterocycles. The molecule has 2 unspecified atom stereocenters. The van der Waals surface area contributed by atoms with Crippen molar-refractivity contribution in [2.75, 3.05) is 0 Å². The zero-order valence-electron chi connectivity index (χ0n) is 41.4. The van der Waals surface area contributed by atoms with E-state index in [2.05, 4.69) is 127 Å². The van der Waals surface area contributed by atoms with E-state index < -0.39 is 0 Å². The first-order valence-electron chi connectivity index (χ1n) is 23.4. The molecule has 0 aliphatic heterocycles. The second kappa shape index (κ2) is 26.5. The Bertz CT molecular complexity index is 2390. The normalized spacial score (nSPS) is 11.9. The first kappa shape index (κ1) is 52.9. The van der Waals surface area contributed by atoms with E-state index in [0.717, 1.165) is 47.1 Å². The minimum absolute atomic E-state index is 0.0469. The second-order valence-corrected chi connectivity index (χ2v) is 18.8. The summed E-state index contributed by atoms with van der Waals surface area (Å²) in [6.07, 6.45) is 15.0. The number of ether oxygens (including phenoxy) is 2. The van der Waals surface area contributed by atoms with E-state index in [1.807, 2.05) is 58.0 Å². The molecule has 0 fully saturated rings. The molecule has 2 atom stereocenters. The highest BCUT2D eigenvalue weighted by molar-refractivity contribution is 5.96. The molecule has 4 aromatic heterocycles. The molecule has 0 saturated carbocycles. The average molecular weight is 905 g/mol. The van der Waals surface area contributed by atoms with Gasteiger partial charge in [0, 0.05) is 56.3 Å². The number of aromatic nitrogens is 4. The van der Waals surface area contributed by atoms with Gasteiger partial charge < -0.3 is 20.1 Å². The van der Waals surface area contributed by atoms with Crippen molar-refractivity contribution >= 4 is 11.8 Å². The van der Waals surface area contributed by atoms with Crippen LogP contribution in [0.3, 0.4) is 0 Å². The van der Waals surface area contributed by atoms with Crippen molar-refractivity contribution in [2.24, 2.45) is 10.8 Å². The van der Waals surface area contributed by atoms with Crippen molar-refractivity contribution in [2.45, 2.75) is 127 Å². The Kier molecular flexibility index (Phi) is 20.9. The fourth-order valence-corrected chi connectivity index (χ4v) is 7.64. The molecule has 6 rings (SSSR count). The Hall–Kier alpha value is -6.68. The van der Waals surface area contributed by atoms with Crippen molar-refractivity contribution in [1.29, 1.82) is 0 Å². The van der Waals surface area contributed by atoms with Crippen LogP contribution >= 0.6 is 0 Å². The predicted octanol–water partition coefficient (Wildman–Crippen LogP) is 12.9. The summed E-state index contributed by atoms with van der Waals surface area (Å²) in [6.45, 7) is 26.5. The van der Waals surface area contributed by atoms with E-state index >= 15 is 0 Å². The Morgan fingerprint density at radius 2 is 1.22 bits per heavy atom. The lowest BCUT2D eigenvalue weighted by molar-refractivity contribution is 0.0939. The number of carbonyl (C=O) groups excluding carboxylic acids is 2. The standard InChI is InChI=1S/C52H60N6O4.C3H6.C2H6/c1-36-26-45(49(60)57-32-40-11-9-25-54-30-40)50(58-28-36)62-35-38-14-18-42(19-15-38)46(52(5,6)7)22-20-43(27-51(2,3)4)41-16-12-37(13-17-41)34-61-47-23-21-44(33-55-47)48(59)56-31-39-10-8-24-53-29-39;1-3-2;1-2/h8-19,21,23-26,28-30,33,43,46H,20,22,27,31-32,34-35H2,1-7H3,(H,56,59)(H,57,60);3H,1H2,2H3;1-2H3. The van der Waals surface area contributed by atoms with Crippen LogP contribution in [0, 0.1) is 17.8 Å². The smallest absolute Gasteiger partial charge is 0.257 e. The number of nitrogens with zero attached hydrogens (tertiary/aromatic N) is 4. The Balaban J connectivity index is 0.00000188. The third-order valence-electron chi connectivity index (χ3n) is 10.9. The Morgan fingerprint density at radius 1 is 0.672 bits per heavy atom. The molecule has 2 aromatic carbocycles. The molecule has 0 aliphatic rings. The first-order valence-corrected chi connectivity index (χ1v) is 23.4. The van der Waals surface area contributed by atoms with Gasteiger partial charge in [0.05, 0.1) is 5.56 Å². The average Bonchev–Trinajstić information content (AvgIpc) is 3.32. The van der Waals surface area contributed by atoms with Crippen molar-refractivity contribution in [3.63, 3.8) is 0 Å². The van der Waals surface area contributed by atoms with E-state index in [9.17, 15) is 9.59 Å². The molecule has 0 saturated heterocycles. The van der Waals surface area contributed by atoms with E-state index in [0.29, 0.717) is 61.0 Å². The highest BCUT2D eigenvalue weighted by Gasteiger charge is 2.29. The summed E-state index contributed by atoms with van der Waals surface area (Å²) in [5.41, 5.74) is 8.51. The van der Waals surface area contributed by atoms with Crippen molar-refractivity contribution < 1.29 is 19.1 Å². The van der Waals surface area contributed by atoms with E-state index in [-0.39, 0.29) is 22.6 Å². The van der Waals surface area contributed by atoms with Gasteiger partial charge in [-0.3, -0.25) is 19.6 Å². The van der Waals surface area contributed by atoms with Gasteiger partial charge in [0.25, 0.3) is 11.8 Å². The van der Waals surface area contributed by atoms with Crippen LogP contribution in [0.5, 0.6) is 11.8 Å². The summed E-state index contributed by atoms with van der Waals surface area (Å²) in [5.74, 6) is 1.06. The summed E-state index contributed by atoms with van der Waals surface area (Å²) in [5, 5.41) is 5.86. The van der Waals surface area contributed by atoms with Crippen molar-refractivity contribution in [1.82, 2.24) is 30.6 Å². The number of aryl methyl sites for hydroxylation is 1. The zero-order valence-corrected chi connectivity index (χ0v) is 41.4. The molecular formula is C57H72N6O4. The van der Waals surface area contributed by atoms with Crippen LogP contribution in [-0.4, -0.2) is 31.8 Å². The third-order valence-corrected chi connectivity index (χ3v) is 10.9. The van der Waals surface area contributed by atoms with E-state index in [1.54, 1.807) is 49.2 Å². The summed E-state index contributed by atoms with van der Waals surface area (Å²) < 4.78 is 12.2. The number of hydrogen-bond donors (Lipinski definition) is 2. The number of benzene rings is 2. The molecule has 0 radical (unpaired) electrons. The second-order valence-electron chi connectivity index (χ2n) is 18.8. The molecule has 354 valence electrons. The maximum atomic E-state index is 13.2. The van der Waals surface area contributed by atoms with Gasteiger partial charge in [0.2, 0.25) is 11.8 Å². The molecule has 2 N–H and O–H groups in total. The molecule has 10 heteroatoms. The number of amides is 2. The topological polar surface area (TPSA) is 128 Å². The van der Waals surface area contributed by atoms with Gasteiger partial charge in [-0.05, 0) is 119 Å². The minimum Gasteiger partial charge on any atom is -0.473 e. The largest absolute Gasteiger partial charge is 0.473 e. The quantitative estimate of drug-likeness (QED) is 0.0816. The number of nitrogens with one attached hydrogen (secondary N) is 2. The minimum atomic E-state index is -0.240. The molecule has 6 aromatic rings. The van der Waals surface area contributed by atoms with Crippen LogP contribution in [0.15, 0.2) is 141 Å². The van der Waals surface area contributed by atoms with Crippen LogP contribution in [-0.2, 0) is 26.3 Å². The SMILES string of the molecule is C=CC.CC.Cc1cnc(OCc2ccc(C(CCC(CC(C)(C)C)c3ccc(COc4ccc(C(=O)NCc5cccnc5)cn4)cc3)C(C)(C)C)cc2)c(C(=O)NCc2cccnc2)c1. The first-order chi connectivity index (χ1) is 32.1. The van der Waals surface area contributed by atoms with Crippen LogP contribution in [0.2, 0.25) is 0 Å². The van der Waals surface area contributed by atoms with Gasteiger partial charge in [-0.1, -0.05) is 122 Å². The Morgan fingerprint density at radius 3 is 1.73 bits per heavy atom. The predicted molar refractivity (Wildman–Crippen MR) is 271 cm³/mol. The van der Waals surface area contributed by atoms with Gasteiger partial charge in [0.15, 0.2) is 0 Å². The van der Waals surface area contributed by atoms with Gasteiger partial charge in [-0.25, -0.2) is 9.97 Å².